The van der Waals surface area contributed by atoms with E-state index in [0.29, 0.717) is 11.7 Å². The lowest BCUT2D eigenvalue weighted by Gasteiger charge is -2.32. The van der Waals surface area contributed by atoms with Crippen molar-refractivity contribution in [3.8, 4) is 5.75 Å². The standard InChI is InChI=1S/C20H22N2O4/c23-20(15-26-19-8-4-7-18(14-19)22(24)25)21-11-9-17(10-12-21)13-16-5-2-1-3-6-16/h1-8,14,17H,9-13,15H2. The van der Waals surface area contributed by atoms with E-state index in [1.54, 1.807) is 12.1 Å². The van der Waals surface area contributed by atoms with E-state index in [1.807, 2.05) is 11.0 Å². The van der Waals surface area contributed by atoms with E-state index >= 15 is 0 Å². The number of nitro benzene ring substituents is 1. The van der Waals surface area contributed by atoms with E-state index in [9.17, 15) is 14.9 Å². The molecule has 6 heteroatoms. The third-order valence-corrected chi connectivity index (χ3v) is 4.73. The molecule has 0 radical (unpaired) electrons. The third kappa shape index (κ3) is 4.81. The fraction of sp³-hybridized carbons (Fsp3) is 0.350. The molecule has 1 amide bonds. The number of benzene rings is 2. The summed E-state index contributed by atoms with van der Waals surface area (Å²) in [5.74, 6) is 0.861. The molecule has 26 heavy (non-hydrogen) atoms. The minimum Gasteiger partial charge on any atom is -0.484 e. The molecule has 1 heterocycles. The molecule has 0 saturated carbocycles. The smallest absolute Gasteiger partial charge is 0.273 e. The summed E-state index contributed by atoms with van der Waals surface area (Å²) in [5, 5.41) is 10.8. The molecule has 1 aliphatic rings. The van der Waals surface area contributed by atoms with E-state index in [-0.39, 0.29) is 18.2 Å². The average Bonchev–Trinajstić information content (AvgIpc) is 2.68. The highest BCUT2D eigenvalue weighted by Crippen LogP contribution is 2.22. The first-order valence-electron chi connectivity index (χ1n) is 8.81. The zero-order chi connectivity index (χ0) is 18.4. The van der Waals surface area contributed by atoms with Crippen molar-refractivity contribution in [1.29, 1.82) is 0 Å². The largest absolute Gasteiger partial charge is 0.484 e. The fourth-order valence-corrected chi connectivity index (χ4v) is 3.26. The number of hydrogen-bond acceptors (Lipinski definition) is 4. The Morgan fingerprint density at radius 1 is 1.12 bits per heavy atom. The van der Waals surface area contributed by atoms with E-state index in [1.165, 1.54) is 17.7 Å². The van der Waals surface area contributed by atoms with Gasteiger partial charge < -0.3 is 9.64 Å². The number of piperidine rings is 1. The average molecular weight is 354 g/mol. The maximum absolute atomic E-state index is 12.3. The van der Waals surface area contributed by atoms with Gasteiger partial charge in [-0.1, -0.05) is 36.4 Å². The molecule has 0 spiro atoms. The lowest BCUT2D eigenvalue weighted by Crippen LogP contribution is -2.41. The highest BCUT2D eigenvalue weighted by Gasteiger charge is 2.23. The Morgan fingerprint density at radius 2 is 1.85 bits per heavy atom. The monoisotopic (exact) mass is 354 g/mol. The minimum absolute atomic E-state index is 0.0447. The molecule has 2 aromatic carbocycles. The van der Waals surface area contributed by atoms with Crippen molar-refractivity contribution in [1.82, 2.24) is 4.90 Å². The zero-order valence-electron chi connectivity index (χ0n) is 14.5. The molecular weight excluding hydrogens is 332 g/mol. The van der Waals surface area contributed by atoms with E-state index in [2.05, 4.69) is 24.3 Å². The van der Waals surface area contributed by atoms with Crippen molar-refractivity contribution in [3.63, 3.8) is 0 Å². The second-order valence-corrected chi connectivity index (χ2v) is 6.56. The van der Waals surface area contributed by atoms with Crippen LogP contribution in [0, 0.1) is 16.0 Å². The fourth-order valence-electron chi connectivity index (χ4n) is 3.26. The zero-order valence-corrected chi connectivity index (χ0v) is 14.5. The molecule has 136 valence electrons. The molecule has 0 aromatic heterocycles. The van der Waals surface area contributed by atoms with Gasteiger partial charge in [0.25, 0.3) is 11.6 Å². The normalized spacial score (nSPS) is 14.8. The number of likely N-dealkylation sites (tertiary alicyclic amines) is 1. The summed E-state index contributed by atoms with van der Waals surface area (Å²) < 4.78 is 5.44. The van der Waals surface area contributed by atoms with Crippen molar-refractivity contribution in [2.24, 2.45) is 5.92 Å². The number of nitrogens with zero attached hydrogens (tertiary/aromatic N) is 2. The molecule has 1 aliphatic heterocycles. The number of ether oxygens (including phenoxy) is 1. The number of hydrogen-bond donors (Lipinski definition) is 0. The van der Waals surface area contributed by atoms with Crippen LogP contribution in [-0.4, -0.2) is 35.4 Å². The predicted molar refractivity (Wildman–Crippen MR) is 98.0 cm³/mol. The van der Waals surface area contributed by atoms with E-state index < -0.39 is 4.92 Å². The van der Waals surface area contributed by atoms with Crippen LogP contribution in [0.5, 0.6) is 5.75 Å². The van der Waals surface area contributed by atoms with E-state index in [4.69, 9.17) is 4.74 Å². The minimum atomic E-state index is -0.480. The highest BCUT2D eigenvalue weighted by atomic mass is 16.6. The molecule has 6 nitrogen and oxygen atoms in total. The molecule has 0 atom stereocenters. The van der Waals surface area contributed by atoms with Gasteiger partial charge in [-0.25, -0.2) is 0 Å². The molecule has 3 rings (SSSR count). The van der Waals surface area contributed by atoms with Crippen LogP contribution in [-0.2, 0) is 11.2 Å². The van der Waals surface area contributed by atoms with Gasteiger partial charge in [0.2, 0.25) is 0 Å². The molecule has 0 unspecified atom stereocenters. The summed E-state index contributed by atoms with van der Waals surface area (Å²) >= 11 is 0. The quantitative estimate of drug-likeness (QED) is 0.588. The second-order valence-electron chi connectivity index (χ2n) is 6.56. The highest BCUT2D eigenvalue weighted by molar-refractivity contribution is 5.77. The summed E-state index contributed by atoms with van der Waals surface area (Å²) in [6, 6.07) is 16.3. The molecule has 1 saturated heterocycles. The Bertz CT molecular complexity index is 755. The van der Waals surface area contributed by atoms with Crippen molar-refractivity contribution in [2.45, 2.75) is 19.3 Å². The van der Waals surface area contributed by atoms with Gasteiger partial charge in [0, 0.05) is 19.2 Å². The van der Waals surface area contributed by atoms with Crippen LogP contribution in [0.2, 0.25) is 0 Å². The van der Waals surface area contributed by atoms with Crippen LogP contribution in [0.1, 0.15) is 18.4 Å². The summed E-state index contributed by atoms with van der Waals surface area (Å²) in [4.78, 5) is 24.4. The van der Waals surface area contributed by atoms with Crippen LogP contribution in [0.25, 0.3) is 0 Å². The Kier molecular flexibility index (Phi) is 5.84. The number of non-ortho nitro benzene ring substituents is 1. The van der Waals surface area contributed by atoms with E-state index in [0.717, 1.165) is 32.4 Å². The van der Waals surface area contributed by atoms with Gasteiger partial charge in [-0.3, -0.25) is 14.9 Å². The van der Waals surface area contributed by atoms with Crippen LogP contribution in [0.3, 0.4) is 0 Å². The summed E-state index contributed by atoms with van der Waals surface area (Å²) in [7, 11) is 0. The molecule has 1 fully saturated rings. The first-order valence-corrected chi connectivity index (χ1v) is 8.81. The third-order valence-electron chi connectivity index (χ3n) is 4.73. The Morgan fingerprint density at radius 3 is 2.54 bits per heavy atom. The Labute approximate surface area is 152 Å². The molecule has 0 aliphatic carbocycles. The van der Waals surface area contributed by atoms with Gasteiger partial charge >= 0.3 is 0 Å². The maximum Gasteiger partial charge on any atom is 0.273 e. The maximum atomic E-state index is 12.3. The number of nitro groups is 1. The van der Waals surface area contributed by atoms with Gasteiger partial charge in [-0.2, -0.15) is 0 Å². The van der Waals surface area contributed by atoms with Crippen molar-refractivity contribution >= 4 is 11.6 Å². The van der Waals surface area contributed by atoms with Crippen LogP contribution in [0.4, 0.5) is 5.69 Å². The predicted octanol–water partition coefficient (Wildman–Crippen LogP) is 3.45. The van der Waals surface area contributed by atoms with Crippen LogP contribution in [0.15, 0.2) is 54.6 Å². The van der Waals surface area contributed by atoms with Crippen molar-refractivity contribution < 1.29 is 14.5 Å². The van der Waals surface area contributed by atoms with Crippen molar-refractivity contribution in [3.05, 3.63) is 70.3 Å². The van der Waals surface area contributed by atoms with Crippen LogP contribution < -0.4 is 4.74 Å². The Balaban J connectivity index is 1.45. The van der Waals surface area contributed by atoms with Gasteiger partial charge in [0.05, 0.1) is 11.0 Å². The number of carbonyl (C=O) groups excluding carboxylic acids is 1. The van der Waals surface area contributed by atoms with Gasteiger partial charge in [0.15, 0.2) is 6.61 Å². The number of carbonyl (C=O) groups is 1. The SMILES string of the molecule is O=C(COc1cccc([N+](=O)[O-])c1)N1CCC(Cc2ccccc2)CC1. The van der Waals surface area contributed by atoms with Gasteiger partial charge in [-0.15, -0.1) is 0 Å². The Hall–Kier alpha value is -2.89. The molecular formula is C20H22N2O4. The molecule has 2 aromatic rings. The van der Waals surface area contributed by atoms with Crippen LogP contribution >= 0.6 is 0 Å². The van der Waals surface area contributed by atoms with Gasteiger partial charge in [0.1, 0.15) is 5.75 Å². The second kappa shape index (κ2) is 8.47. The molecule has 0 bridgehead atoms. The number of rotatable bonds is 6. The lowest BCUT2D eigenvalue weighted by atomic mass is 9.90. The summed E-state index contributed by atoms with van der Waals surface area (Å²) in [5.41, 5.74) is 1.29. The van der Waals surface area contributed by atoms with Crippen molar-refractivity contribution in [2.75, 3.05) is 19.7 Å². The van der Waals surface area contributed by atoms with Gasteiger partial charge in [-0.05, 0) is 36.8 Å². The summed E-state index contributed by atoms with van der Waals surface area (Å²) in [6.45, 7) is 1.37. The lowest BCUT2D eigenvalue weighted by molar-refractivity contribution is -0.384. The summed E-state index contributed by atoms with van der Waals surface area (Å²) in [6.07, 6.45) is 3.02. The first-order chi connectivity index (χ1) is 12.6. The topological polar surface area (TPSA) is 72.7 Å². The number of amides is 1. The molecule has 0 N–H and O–H groups in total. The first kappa shape index (κ1) is 17.9.